The predicted molar refractivity (Wildman–Crippen MR) is 151 cm³/mol. The quantitative estimate of drug-likeness (QED) is 0.546. The summed E-state index contributed by atoms with van der Waals surface area (Å²) in [5.41, 5.74) is 5.06. The van der Waals surface area contributed by atoms with Gasteiger partial charge in [0, 0.05) is 75.9 Å². The topological polar surface area (TPSA) is 77.5 Å². The predicted octanol–water partition coefficient (Wildman–Crippen LogP) is 4.22. The first-order chi connectivity index (χ1) is 18.5. The first-order valence-electron chi connectivity index (χ1n) is 13.8. The van der Waals surface area contributed by atoms with Crippen LogP contribution in [0, 0.1) is 5.92 Å². The highest BCUT2D eigenvalue weighted by Gasteiger charge is 2.19. The Hall–Kier alpha value is -3.20. The number of Topliss-reactive ketones (excluding diaryl/α,β-unsaturated/α-hetero) is 1. The fourth-order valence-electron chi connectivity index (χ4n) is 5.30. The van der Waals surface area contributed by atoms with E-state index in [4.69, 9.17) is 9.97 Å². The smallest absolute Gasteiger partial charge is 0.227 e. The van der Waals surface area contributed by atoms with E-state index in [9.17, 15) is 4.79 Å². The number of nitrogens with zero attached hydrogens (tertiary/aromatic N) is 6. The molecule has 3 aromatic rings. The molecule has 2 aromatic heterocycles. The van der Waals surface area contributed by atoms with E-state index < -0.39 is 0 Å². The summed E-state index contributed by atoms with van der Waals surface area (Å²) in [6, 6.07) is 14.5. The van der Waals surface area contributed by atoms with Crippen molar-refractivity contribution in [2.45, 2.75) is 39.8 Å². The number of pyridine rings is 1. The molecular weight excluding hydrogens is 474 g/mol. The Morgan fingerprint density at radius 1 is 0.921 bits per heavy atom. The van der Waals surface area contributed by atoms with Crippen LogP contribution in [0.3, 0.4) is 0 Å². The van der Waals surface area contributed by atoms with Gasteiger partial charge in [-0.25, -0.2) is 9.97 Å². The minimum atomic E-state index is 0.352. The van der Waals surface area contributed by atoms with Crippen molar-refractivity contribution in [3.05, 3.63) is 66.1 Å². The fraction of sp³-hybridized carbons (Fsp3) is 0.467. The highest BCUT2D eigenvalue weighted by atomic mass is 16.1. The second-order valence-corrected chi connectivity index (χ2v) is 11.0. The summed E-state index contributed by atoms with van der Waals surface area (Å²) >= 11 is 0. The van der Waals surface area contributed by atoms with Gasteiger partial charge in [-0.15, -0.1) is 0 Å². The summed E-state index contributed by atoms with van der Waals surface area (Å²) in [5, 5.41) is 3.38. The van der Waals surface area contributed by atoms with E-state index in [0.29, 0.717) is 30.6 Å². The van der Waals surface area contributed by atoms with Crippen molar-refractivity contribution in [3.8, 4) is 11.3 Å². The molecule has 1 fully saturated rings. The van der Waals surface area contributed by atoms with Gasteiger partial charge in [-0.1, -0.05) is 26.0 Å². The zero-order valence-electron chi connectivity index (χ0n) is 22.6. The Balaban J connectivity index is 1.38. The maximum Gasteiger partial charge on any atom is 0.227 e. The molecule has 0 radical (unpaired) electrons. The number of aromatic nitrogens is 3. The molecule has 1 saturated heterocycles. The first-order valence-corrected chi connectivity index (χ1v) is 13.8. The van der Waals surface area contributed by atoms with Gasteiger partial charge in [0.25, 0.3) is 0 Å². The maximum absolute atomic E-state index is 12.8. The van der Waals surface area contributed by atoms with Crippen LogP contribution in [-0.2, 0) is 17.9 Å². The standard InChI is InChI=1S/C30H39N7O/c1-23(2)19-37-12-4-7-28(38)22-36-15-13-35(14-16-36)20-24-5-3-6-26(17-24)33-30-31-11-10-29(34-30)25-8-9-27(21-37)32-18-25/h3,5-6,8-11,17-18,23H,4,7,12-16,19-22H2,1-2H3,(H,31,33,34). The number of carbonyl (C=O) groups excluding carboxylic acids is 1. The van der Waals surface area contributed by atoms with Gasteiger partial charge >= 0.3 is 0 Å². The van der Waals surface area contributed by atoms with Crippen LogP contribution in [0.4, 0.5) is 11.6 Å². The van der Waals surface area contributed by atoms with Crippen molar-refractivity contribution in [3.63, 3.8) is 0 Å². The average molecular weight is 514 g/mol. The monoisotopic (exact) mass is 513 g/mol. The van der Waals surface area contributed by atoms with Crippen molar-refractivity contribution in [2.24, 2.45) is 5.92 Å². The molecule has 38 heavy (non-hydrogen) atoms. The van der Waals surface area contributed by atoms with Crippen LogP contribution >= 0.6 is 0 Å². The van der Waals surface area contributed by atoms with Crippen molar-refractivity contribution < 1.29 is 4.79 Å². The number of benzene rings is 1. The Morgan fingerprint density at radius 2 is 1.74 bits per heavy atom. The van der Waals surface area contributed by atoms with Gasteiger partial charge in [-0.2, -0.15) is 0 Å². The Bertz CT molecular complexity index is 1210. The summed E-state index contributed by atoms with van der Waals surface area (Å²) in [7, 11) is 0. The largest absolute Gasteiger partial charge is 0.324 e. The van der Waals surface area contributed by atoms with Crippen LogP contribution in [0.5, 0.6) is 0 Å². The third-order valence-electron chi connectivity index (χ3n) is 7.17. The number of hydrogen-bond donors (Lipinski definition) is 1. The maximum atomic E-state index is 12.8. The molecule has 8 nitrogen and oxygen atoms in total. The number of carbonyl (C=O) groups is 1. The van der Waals surface area contributed by atoms with E-state index in [2.05, 4.69) is 69.2 Å². The molecule has 0 atom stereocenters. The second-order valence-electron chi connectivity index (χ2n) is 11.0. The van der Waals surface area contributed by atoms with Crippen LogP contribution in [0.25, 0.3) is 11.3 Å². The highest BCUT2D eigenvalue weighted by Crippen LogP contribution is 2.21. The highest BCUT2D eigenvalue weighted by molar-refractivity contribution is 5.80. The molecule has 0 amide bonds. The number of hydrogen-bond acceptors (Lipinski definition) is 8. The van der Waals surface area contributed by atoms with Gasteiger partial charge in [0.15, 0.2) is 0 Å². The number of nitrogens with one attached hydrogen (secondary N) is 1. The number of rotatable bonds is 2. The van der Waals surface area contributed by atoms with E-state index in [1.807, 2.05) is 18.3 Å². The molecule has 0 saturated carbocycles. The lowest BCUT2D eigenvalue weighted by Gasteiger charge is -2.34. The molecule has 7 heterocycles. The lowest BCUT2D eigenvalue weighted by Crippen LogP contribution is -2.47. The van der Waals surface area contributed by atoms with E-state index in [-0.39, 0.29) is 0 Å². The third kappa shape index (κ3) is 7.43. The third-order valence-corrected chi connectivity index (χ3v) is 7.17. The number of ketones is 1. The molecule has 8 heteroatoms. The van der Waals surface area contributed by atoms with Gasteiger partial charge in [0.2, 0.25) is 5.95 Å². The number of piperazine rings is 1. The van der Waals surface area contributed by atoms with Gasteiger partial charge in [0.05, 0.1) is 17.9 Å². The molecule has 0 aliphatic carbocycles. The Morgan fingerprint density at radius 3 is 2.50 bits per heavy atom. The minimum absolute atomic E-state index is 0.352. The van der Waals surface area contributed by atoms with Gasteiger partial charge < -0.3 is 5.32 Å². The summed E-state index contributed by atoms with van der Waals surface area (Å²) < 4.78 is 0. The van der Waals surface area contributed by atoms with Gasteiger partial charge in [-0.05, 0) is 54.8 Å². The van der Waals surface area contributed by atoms with Crippen LogP contribution in [0.15, 0.2) is 54.9 Å². The van der Waals surface area contributed by atoms with Crippen molar-refractivity contribution in [1.29, 1.82) is 0 Å². The van der Waals surface area contributed by atoms with E-state index in [0.717, 1.165) is 81.4 Å². The second kappa shape index (κ2) is 12.6. The lowest BCUT2D eigenvalue weighted by molar-refractivity contribution is -0.120. The Labute approximate surface area is 226 Å². The molecule has 200 valence electrons. The normalized spacial score (nSPS) is 21.4. The van der Waals surface area contributed by atoms with Crippen LogP contribution in [-0.4, -0.2) is 81.2 Å². The summed E-state index contributed by atoms with van der Waals surface area (Å²) in [5.74, 6) is 1.48. The van der Waals surface area contributed by atoms with Crippen molar-refractivity contribution >= 4 is 17.4 Å². The molecule has 0 unspecified atom stereocenters. The fourth-order valence-corrected chi connectivity index (χ4v) is 5.30. The summed E-state index contributed by atoms with van der Waals surface area (Å²) in [6.07, 6.45) is 5.20. The zero-order chi connectivity index (χ0) is 26.3. The molecule has 1 aromatic carbocycles. The minimum Gasteiger partial charge on any atom is -0.324 e. The van der Waals surface area contributed by atoms with Crippen LogP contribution in [0.1, 0.15) is 37.9 Å². The molecule has 8 rings (SSSR count). The Kier molecular flexibility index (Phi) is 8.73. The van der Waals surface area contributed by atoms with E-state index >= 15 is 0 Å². The zero-order valence-corrected chi connectivity index (χ0v) is 22.6. The van der Waals surface area contributed by atoms with Crippen LogP contribution < -0.4 is 5.32 Å². The van der Waals surface area contributed by atoms with Gasteiger partial charge in [0.1, 0.15) is 5.78 Å². The molecule has 5 aliphatic rings. The summed E-state index contributed by atoms with van der Waals surface area (Å²) in [4.78, 5) is 33.9. The molecule has 1 N–H and O–H groups in total. The molecule has 8 bridgehead atoms. The van der Waals surface area contributed by atoms with Crippen LogP contribution in [0.2, 0.25) is 0 Å². The molecule has 0 spiro atoms. The van der Waals surface area contributed by atoms with Gasteiger partial charge in [-0.3, -0.25) is 24.5 Å². The van der Waals surface area contributed by atoms with Crippen molar-refractivity contribution in [2.75, 3.05) is 51.1 Å². The molecule has 5 aliphatic heterocycles. The SMILES string of the molecule is CC(C)CN1CCCC(=O)CN2CCN(CC2)Cc2cccc(c2)Nc2nccc(n2)-c2ccc(nc2)C1. The first kappa shape index (κ1) is 26.4. The van der Waals surface area contributed by atoms with E-state index in [1.165, 1.54) is 5.56 Å². The van der Waals surface area contributed by atoms with E-state index in [1.54, 1.807) is 6.20 Å². The average Bonchev–Trinajstić information content (AvgIpc) is 2.90. The lowest BCUT2D eigenvalue weighted by atomic mass is 10.1. The summed E-state index contributed by atoms with van der Waals surface area (Å²) in [6.45, 7) is 12.4. The molecular formula is C30H39N7O. The van der Waals surface area contributed by atoms with Crippen molar-refractivity contribution in [1.82, 2.24) is 29.7 Å². The number of anilines is 2.